The van der Waals surface area contributed by atoms with Gasteiger partial charge in [-0.1, -0.05) is 48.0 Å². The van der Waals surface area contributed by atoms with Crippen LogP contribution in [-0.4, -0.2) is 78.5 Å². The number of urea groups is 1. The minimum atomic E-state index is -0.612. The Morgan fingerprint density at radius 1 is 1.11 bits per heavy atom. The van der Waals surface area contributed by atoms with Crippen LogP contribution in [0.4, 0.5) is 4.79 Å². The van der Waals surface area contributed by atoms with Gasteiger partial charge in [0.1, 0.15) is 0 Å². The van der Waals surface area contributed by atoms with Gasteiger partial charge in [-0.3, -0.25) is 14.6 Å². The summed E-state index contributed by atoms with van der Waals surface area (Å²) < 4.78 is 5.45. The molecule has 0 unspecified atom stereocenters. The van der Waals surface area contributed by atoms with E-state index in [1.54, 1.807) is 38.2 Å². The average Bonchev–Trinajstić information content (AvgIpc) is 2.87. The lowest BCUT2D eigenvalue weighted by atomic mass is 9.91. The summed E-state index contributed by atoms with van der Waals surface area (Å²) in [6, 6.07) is 13.8. The highest BCUT2D eigenvalue weighted by Gasteiger charge is 2.39. The van der Waals surface area contributed by atoms with Crippen molar-refractivity contribution in [2.75, 3.05) is 39.8 Å². The van der Waals surface area contributed by atoms with Crippen molar-refractivity contribution in [3.63, 3.8) is 0 Å². The number of amides is 3. The second kappa shape index (κ2) is 11.4. The molecule has 2 atom stereocenters. The predicted molar refractivity (Wildman–Crippen MR) is 142 cm³/mol. The van der Waals surface area contributed by atoms with Gasteiger partial charge in [-0.15, -0.1) is 0 Å². The maximum atomic E-state index is 13.2. The van der Waals surface area contributed by atoms with Crippen molar-refractivity contribution in [2.24, 2.45) is 0 Å². The van der Waals surface area contributed by atoms with Crippen LogP contribution in [0.15, 0.2) is 59.8 Å². The van der Waals surface area contributed by atoms with Gasteiger partial charge in [0.2, 0.25) is 0 Å². The topological polar surface area (TPSA) is 82.2 Å². The van der Waals surface area contributed by atoms with E-state index < -0.39 is 12.0 Å². The standard InChI is InChI=1S/C28H33ClN4O4/c1-5-37-27(35)24-23(31(4)28(36)30-25(24)20-11-7-6-10-18(20)2)17-32-14-15-33(19(3)16-32)26(34)21-12-8-9-13-22(21)29/h6-13,19,25H,5,14-17H2,1-4H3,(H,30,36)/t19-,25-/m1/s1. The van der Waals surface area contributed by atoms with Gasteiger partial charge >= 0.3 is 12.0 Å². The Kier molecular flexibility index (Phi) is 8.19. The van der Waals surface area contributed by atoms with Crippen LogP contribution >= 0.6 is 11.6 Å². The first-order valence-electron chi connectivity index (χ1n) is 12.5. The quantitative estimate of drug-likeness (QED) is 0.577. The highest BCUT2D eigenvalue weighted by atomic mass is 35.5. The molecule has 2 aromatic rings. The molecule has 2 aliphatic rings. The summed E-state index contributed by atoms with van der Waals surface area (Å²) in [5.74, 6) is -0.545. The van der Waals surface area contributed by atoms with Crippen LogP contribution in [0.25, 0.3) is 0 Å². The van der Waals surface area contributed by atoms with Crippen molar-refractivity contribution < 1.29 is 19.1 Å². The summed E-state index contributed by atoms with van der Waals surface area (Å²) in [6.07, 6.45) is 0. The summed E-state index contributed by atoms with van der Waals surface area (Å²) in [6.45, 7) is 8.00. The van der Waals surface area contributed by atoms with Crippen LogP contribution in [0.3, 0.4) is 0 Å². The third-order valence-corrected chi connectivity index (χ3v) is 7.35. The Morgan fingerprint density at radius 3 is 2.49 bits per heavy atom. The van der Waals surface area contributed by atoms with E-state index in [9.17, 15) is 14.4 Å². The number of likely N-dealkylation sites (N-methyl/N-ethyl adjacent to an activating group) is 1. The average molecular weight is 525 g/mol. The van der Waals surface area contributed by atoms with Gasteiger partial charge in [0, 0.05) is 45.0 Å². The van der Waals surface area contributed by atoms with E-state index in [4.69, 9.17) is 16.3 Å². The summed E-state index contributed by atoms with van der Waals surface area (Å²) >= 11 is 6.27. The lowest BCUT2D eigenvalue weighted by Crippen LogP contribution is -2.56. The van der Waals surface area contributed by atoms with Crippen molar-refractivity contribution in [1.82, 2.24) is 20.0 Å². The summed E-state index contributed by atoms with van der Waals surface area (Å²) in [4.78, 5) is 44.9. The minimum Gasteiger partial charge on any atom is -0.463 e. The summed E-state index contributed by atoms with van der Waals surface area (Å²) in [7, 11) is 1.67. The fourth-order valence-electron chi connectivity index (χ4n) is 5.02. The number of rotatable bonds is 6. The fraction of sp³-hybridized carbons (Fsp3) is 0.393. The van der Waals surface area contributed by atoms with E-state index in [1.165, 1.54) is 4.90 Å². The van der Waals surface area contributed by atoms with Gasteiger partial charge in [-0.25, -0.2) is 9.59 Å². The Bertz CT molecular complexity index is 1230. The second-order valence-corrected chi connectivity index (χ2v) is 9.85. The van der Waals surface area contributed by atoms with Crippen LogP contribution in [0.1, 0.15) is 41.4 Å². The zero-order valence-electron chi connectivity index (χ0n) is 21.7. The molecule has 2 aromatic carbocycles. The third kappa shape index (κ3) is 5.50. The van der Waals surface area contributed by atoms with Crippen LogP contribution in [-0.2, 0) is 9.53 Å². The van der Waals surface area contributed by atoms with Crippen molar-refractivity contribution in [2.45, 2.75) is 32.9 Å². The number of hydrogen-bond donors (Lipinski definition) is 1. The Labute approximate surface area is 222 Å². The van der Waals surface area contributed by atoms with Crippen LogP contribution in [0, 0.1) is 6.92 Å². The third-order valence-electron chi connectivity index (χ3n) is 7.02. The molecule has 0 radical (unpaired) electrons. The number of nitrogens with one attached hydrogen (secondary N) is 1. The largest absolute Gasteiger partial charge is 0.463 e. The van der Waals surface area contributed by atoms with Gasteiger partial charge in [0.05, 0.1) is 28.8 Å². The van der Waals surface area contributed by atoms with Gasteiger partial charge in [0.25, 0.3) is 5.91 Å². The van der Waals surface area contributed by atoms with Crippen molar-refractivity contribution in [1.29, 1.82) is 0 Å². The second-order valence-electron chi connectivity index (χ2n) is 9.44. The number of carbonyl (C=O) groups is 3. The number of hydrogen-bond acceptors (Lipinski definition) is 5. The zero-order valence-corrected chi connectivity index (χ0v) is 22.4. The maximum Gasteiger partial charge on any atom is 0.338 e. The summed E-state index contributed by atoms with van der Waals surface area (Å²) in [5.41, 5.74) is 3.35. The Hall–Kier alpha value is -3.36. The lowest BCUT2D eigenvalue weighted by molar-refractivity contribution is -0.139. The number of benzene rings is 2. The molecule has 0 bridgehead atoms. The van der Waals surface area contributed by atoms with E-state index >= 15 is 0 Å². The smallest absolute Gasteiger partial charge is 0.338 e. The molecule has 9 heteroatoms. The molecule has 2 aliphatic heterocycles. The molecule has 0 saturated carbocycles. The van der Waals surface area contributed by atoms with Crippen LogP contribution < -0.4 is 5.32 Å². The molecule has 0 aromatic heterocycles. The van der Waals surface area contributed by atoms with E-state index in [2.05, 4.69) is 10.2 Å². The number of aryl methyl sites for hydroxylation is 1. The lowest BCUT2D eigenvalue weighted by Gasteiger charge is -2.42. The van der Waals surface area contributed by atoms with Crippen molar-refractivity contribution in [3.05, 3.63) is 81.5 Å². The fourth-order valence-corrected chi connectivity index (χ4v) is 5.24. The molecule has 0 spiro atoms. The first-order chi connectivity index (χ1) is 17.7. The van der Waals surface area contributed by atoms with Gasteiger partial charge in [0.15, 0.2) is 0 Å². The highest BCUT2D eigenvalue weighted by molar-refractivity contribution is 6.33. The molecule has 37 heavy (non-hydrogen) atoms. The Morgan fingerprint density at radius 2 is 1.81 bits per heavy atom. The molecule has 0 aliphatic carbocycles. The first-order valence-corrected chi connectivity index (χ1v) is 12.9. The monoisotopic (exact) mass is 524 g/mol. The Balaban J connectivity index is 1.62. The first kappa shape index (κ1) is 26.7. The van der Waals surface area contributed by atoms with Crippen LogP contribution in [0.5, 0.6) is 0 Å². The zero-order chi connectivity index (χ0) is 26.7. The number of nitrogens with zero attached hydrogens (tertiary/aromatic N) is 3. The van der Waals surface area contributed by atoms with E-state index in [0.717, 1.165) is 11.1 Å². The summed E-state index contributed by atoms with van der Waals surface area (Å²) in [5, 5.41) is 3.41. The normalized spacial score (nSPS) is 20.6. The number of piperazine rings is 1. The van der Waals surface area contributed by atoms with E-state index in [1.807, 2.05) is 43.0 Å². The number of halogens is 1. The van der Waals surface area contributed by atoms with Gasteiger partial charge in [-0.05, 0) is 44.0 Å². The predicted octanol–water partition coefficient (Wildman–Crippen LogP) is 4.01. The molecular weight excluding hydrogens is 492 g/mol. The molecule has 8 nitrogen and oxygen atoms in total. The molecular formula is C28H33ClN4O4. The molecule has 1 N–H and O–H groups in total. The van der Waals surface area contributed by atoms with Gasteiger partial charge in [-0.2, -0.15) is 0 Å². The van der Waals surface area contributed by atoms with E-state index in [-0.39, 0.29) is 24.6 Å². The minimum absolute atomic E-state index is 0.0842. The SMILES string of the molecule is CCOC(=O)C1=C(CN2CCN(C(=O)c3ccccc3Cl)[C@H](C)C2)N(C)C(=O)N[C@@H]1c1ccccc1C. The van der Waals surface area contributed by atoms with Gasteiger partial charge < -0.3 is 15.0 Å². The maximum absolute atomic E-state index is 13.2. The molecule has 1 saturated heterocycles. The number of carbonyl (C=O) groups excluding carboxylic acids is 3. The molecule has 1 fully saturated rings. The van der Waals surface area contributed by atoms with Crippen molar-refractivity contribution >= 4 is 29.5 Å². The highest BCUT2D eigenvalue weighted by Crippen LogP contribution is 2.33. The van der Waals surface area contributed by atoms with Crippen molar-refractivity contribution in [3.8, 4) is 0 Å². The molecule has 2 heterocycles. The molecule has 4 rings (SSSR count). The van der Waals surface area contributed by atoms with E-state index in [0.29, 0.717) is 48.0 Å². The number of esters is 1. The molecule has 3 amide bonds. The van der Waals surface area contributed by atoms with Crippen LogP contribution in [0.2, 0.25) is 5.02 Å². The number of ether oxygens (including phenoxy) is 1. The molecule has 196 valence electrons.